The van der Waals surface area contributed by atoms with E-state index in [-0.39, 0.29) is 11.0 Å². The monoisotopic (exact) mass is 250 g/mol. The molecule has 90 valence electrons. The fourth-order valence-corrected chi connectivity index (χ4v) is 2.11. The average Bonchev–Trinajstić information content (AvgIpc) is 2.62. The fraction of sp³-hybridized carbons (Fsp3) is 0.273. The van der Waals surface area contributed by atoms with Crippen LogP contribution in [0.5, 0.6) is 0 Å². The lowest BCUT2D eigenvalue weighted by atomic mass is 10.2. The number of amides is 1. The van der Waals surface area contributed by atoms with Gasteiger partial charge in [-0.05, 0) is 23.8 Å². The van der Waals surface area contributed by atoms with E-state index in [1.54, 1.807) is 5.01 Å². The lowest BCUT2D eigenvalue weighted by Gasteiger charge is -2.32. The third-order valence-corrected chi connectivity index (χ3v) is 2.85. The molecular formula is C11H14N4OS. The molecule has 1 aromatic carbocycles. The number of hydrogen-bond acceptors (Lipinski definition) is 3. The lowest BCUT2D eigenvalue weighted by Crippen LogP contribution is -2.52. The summed E-state index contributed by atoms with van der Waals surface area (Å²) in [5.41, 5.74) is 12.9. The normalized spacial score (nSPS) is 13.7. The molecule has 0 saturated carbocycles. The Kier molecular flexibility index (Phi) is 3.26. The zero-order chi connectivity index (χ0) is 12.4. The Morgan fingerprint density at radius 2 is 2.18 bits per heavy atom. The van der Waals surface area contributed by atoms with Gasteiger partial charge in [-0.1, -0.05) is 18.2 Å². The molecule has 0 fully saturated rings. The number of carbonyl (C=O) groups is 1. The van der Waals surface area contributed by atoms with E-state index in [1.165, 1.54) is 5.01 Å². The van der Waals surface area contributed by atoms with Gasteiger partial charge >= 0.3 is 0 Å². The molecule has 0 spiro atoms. The van der Waals surface area contributed by atoms with Crippen molar-refractivity contribution in [2.45, 2.75) is 6.42 Å². The van der Waals surface area contributed by atoms with Crippen LogP contribution in [0.4, 0.5) is 5.69 Å². The van der Waals surface area contributed by atoms with E-state index in [0.717, 1.165) is 11.3 Å². The first-order valence-corrected chi connectivity index (χ1v) is 5.73. The number of anilines is 1. The molecule has 1 amide bonds. The first-order valence-electron chi connectivity index (χ1n) is 5.33. The third-order valence-electron chi connectivity index (χ3n) is 2.63. The van der Waals surface area contributed by atoms with E-state index in [0.29, 0.717) is 19.5 Å². The SMILES string of the molecule is NCCN(C(N)=S)N1C(=O)Cc2ccccc21. The zero-order valence-corrected chi connectivity index (χ0v) is 10.1. The van der Waals surface area contributed by atoms with Gasteiger partial charge in [-0.15, -0.1) is 0 Å². The molecule has 0 saturated heterocycles. The van der Waals surface area contributed by atoms with Crippen molar-refractivity contribution in [3.05, 3.63) is 29.8 Å². The van der Waals surface area contributed by atoms with E-state index < -0.39 is 0 Å². The van der Waals surface area contributed by atoms with Crippen LogP contribution in [-0.2, 0) is 11.2 Å². The van der Waals surface area contributed by atoms with E-state index in [2.05, 4.69) is 0 Å². The Bertz CT molecular complexity index is 463. The number of benzene rings is 1. The molecule has 1 heterocycles. The molecule has 0 atom stereocenters. The van der Waals surface area contributed by atoms with Gasteiger partial charge in [0.05, 0.1) is 18.7 Å². The smallest absolute Gasteiger partial charge is 0.250 e. The molecule has 4 N–H and O–H groups in total. The topological polar surface area (TPSA) is 75.6 Å². The molecule has 0 aromatic heterocycles. The average molecular weight is 250 g/mol. The van der Waals surface area contributed by atoms with Crippen LogP contribution in [0, 0.1) is 0 Å². The predicted molar refractivity (Wildman–Crippen MR) is 70.2 cm³/mol. The highest BCUT2D eigenvalue weighted by atomic mass is 32.1. The van der Waals surface area contributed by atoms with Crippen LogP contribution in [0.2, 0.25) is 0 Å². The van der Waals surface area contributed by atoms with Gasteiger partial charge in [-0.2, -0.15) is 0 Å². The predicted octanol–water partition coefficient (Wildman–Crippen LogP) is -0.00500. The molecular weight excluding hydrogens is 236 g/mol. The van der Waals surface area contributed by atoms with Gasteiger partial charge in [0, 0.05) is 6.54 Å². The first-order chi connectivity index (χ1) is 8.15. The molecule has 17 heavy (non-hydrogen) atoms. The number of fused-ring (bicyclic) bond motifs is 1. The maximum Gasteiger partial charge on any atom is 0.250 e. The van der Waals surface area contributed by atoms with Crippen LogP contribution >= 0.6 is 12.2 Å². The Labute approximate surface area is 105 Å². The molecule has 0 radical (unpaired) electrons. The van der Waals surface area contributed by atoms with Gasteiger partial charge in [-0.25, -0.2) is 5.01 Å². The van der Waals surface area contributed by atoms with Gasteiger partial charge in [0.2, 0.25) is 5.91 Å². The number of nitrogens with zero attached hydrogens (tertiary/aromatic N) is 2. The van der Waals surface area contributed by atoms with Crippen molar-refractivity contribution in [3.8, 4) is 0 Å². The molecule has 6 heteroatoms. The second-order valence-electron chi connectivity index (χ2n) is 3.76. The maximum atomic E-state index is 12.0. The summed E-state index contributed by atoms with van der Waals surface area (Å²) in [6, 6.07) is 7.59. The Morgan fingerprint density at radius 1 is 1.47 bits per heavy atom. The molecule has 1 aromatic rings. The van der Waals surface area contributed by atoms with Crippen LogP contribution in [0.3, 0.4) is 0 Å². The quantitative estimate of drug-likeness (QED) is 0.738. The summed E-state index contributed by atoms with van der Waals surface area (Å²) in [6.07, 6.45) is 0.375. The molecule has 5 nitrogen and oxygen atoms in total. The Balaban J connectivity index is 2.37. The summed E-state index contributed by atoms with van der Waals surface area (Å²) in [4.78, 5) is 12.0. The van der Waals surface area contributed by atoms with Gasteiger partial charge in [-0.3, -0.25) is 9.80 Å². The largest absolute Gasteiger partial charge is 0.375 e. The Hall–Kier alpha value is -1.66. The van der Waals surface area contributed by atoms with Crippen molar-refractivity contribution in [2.75, 3.05) is 18.1 Å². The summed E-state index contributed by atoms with van der Waals surface area (Å²) >= 11 is 4.96. The third kappa shape index (κ3) is 2.09. The molecule has 0 bridgehead atoms. The van der Waals surface area contributed by atoms with Crippen LogP contribution in [-0.4, -0.2) is 29.1 Å². The number of thiocarbonyl (C=S) groups is 1. The summed E-state index contributed by atoms with van der Waals surface area (Å²) in [7, 11) is 0. The highest BCUT2D eigenvalue weighted by Crippen LogP contribution is 2.29. The lowest BCUT2D eigenvalue weighted by molar-refractivity contribution is -0.119. The fourth-order valence-electron chi connectivity index (χ4n) is 1.93. The summed E-state index contributed by atoms with van der Waals surface area (Å²) in [5.74, 6) is -0.0348. The van der Waals surface area contributed by atoms with Crippen LogP contribution in [0.1, 0.15) is 5.56 Å². The van der Waals surface area contributed by atoms with Crippen LogP contribution < -0.4 is 16.5 Å². The number of nitrogens with two attached hydrogens (primary N) is 2. The zero-order valence-electron chi connectivity index (χ0n) is 9.30. The minimum absolute atomic E-state index is 0.0348. The van der Waals surface area contributed by atoms with Crippen LogP contribution in [0.15, 0.2) is 24.3 Å². The standard InChI is InChI=1S/C11H14N4OS/c12-5-6-14(11(13)17)15-9-4-2-1-3-8(9)7-10(15)16/h1-4H,5-7,12H2,(H2,13,17). The second-order valence-corrected chi connectivity index (χ2v) is 4.18. The first kappa shape index (κ1) is 11.8. The number of hydrazine groups is 1. The van der Waals surface area contributed by atoms with Crippen molar-refractivity contribution in [1.82, 2.24) is 5.01 Å². The van der Waals surface area contributed by atoms with Gasteiger partial charge < -0.3 is 11.5 Å². The number of rotatable bonds is 3. The highest BCUT2D eigenvalue weighted by Gasteiger charge is 2.31. The number of hydrogen-bond donors (Lipinski definition) is 2. The number of para-hydroxylation sites is 1. The van der Waals surface area contributed by atoms with E-state index in [9.17, 15) is 4.79 Å². The van der Waals surface area contributed by atoms with Crippen molar-refractivity contribution >= 4 is 28.9 Å². The summed E-state index contributed by atoms with van der Waals surface area (Å²) < 4.78 is 0. The highest BCUT2D eigenvalue weighted by molar-refractivity contribution is 7.80. The molecule has 1 aliphatic rings. The van der Waals surface area contributed by atoms with E-state index >= 15 is 0 Å². The van der Waals surface area contributed by atoms with Gasteiger partial charge in [0.1, 0.15) is 0 Å². The van der Waals surface area contributed by atoms with Gasteiger partial charge in [0.15, 0.2) is 5.11 Å². The molecule has 2 rings (SSSR count). The Morgan fingerprint density at radius 3 is 2.82 bits per heavy atom. The second kappa shape index (κ2) is 4.68. The molecule has 0 aliphatic carbocycles. The maximum absolute atomic E-state index is 12.0. The van der Waals surface area contributed by atoms with Crippen LogP contribution in [0.25, 0.3) is 0 Å². The summed E-state index contributed by atoms with van der Waals surface area (Å²) in [5, 5.41) is 3.22. The van der Waals surface area contributed by atoms with Crippen molar-refractivity contribution in [2.24, 2.45) is 11.5 Å². The van der Waals surface area contributed by atoms with Crippen molar-refractivity contribution < 1.29 is 4.79 Å². The van der Waals surface area contributed by atoms with E-state index in [4.69, 9.17) is 23.7 Å². The van der Waals surface area contributed by atoms with Crippen molar-refractivity contribution in [1.29, 1.82) is 0 Å². The number of carbonyl (C=O) groups excluding carboxylic acids is 1. The molecule has 0 unspecified atom stereocenters. The summed E-state index contributed by atoms with van der Waals surface area (Å²) in [6.45, 7) is 0.804. The van der Waals surface area contributed by atoms with Crippen molar-refractivity contribution in [3.63, 3.8) is 0 Å². The van der Waals surface area contributed by atoms with Gasteiger partial charge in [0.25, 0.3) is 0 Å². The minimum Gasteiger partial charge on any atom is -0.375 e. The molecule has 1 aliphatic heterocycles. The minimum atomic E-state index is -0.0348. The van der Waals surface area contributed by atoms with E-state index in [1.807, 2.05) is 24.3 Å².